The van der Waals surface area contributed by atoms with Crippen molar-refractivity contribution in [1.82, 2.24) is 10.2 Å². The largest absolute Gasteiger partial charge is 0.314 e. The fourth-order valence-electron chi connectivity index (χ4n) is 3.38. The third-order valence-electron chi connectivity index (χ3n) is 4.66. The number of hydrogen-bond acceptors (Lipinski definition) is 3. The Morgan fingerprint density at radius 3 is 2.63 bits per heavy atom. The van der Waals surface area contributed by atoms with Crippen molar-refractivity contribution < 1.29 is 0 Å². The van der Waals surface area contributed by atoms with Gasteiger partial charge in [0.1, 0.15) is 0 Å². The van der Waals surface area contributed by atoms with Crippen LogP contribution in [0.2, 0.25) is 0 Å². The van der Waals surface area contributed by atoms with Crippen molar-refractivity contribution in [3.05, 3.63) is 0 Å². The van der Waals surface area contributed by atoms with E-state index in [1.165, 1.54) is 38.1 Å². The van der Waals surface area contributed by atoms with Crippen molar-refractivity contribution in [2.75, 3.05) is 38.7 Å². The van der Waals surface area contributed by atoms with E-state index in [9.17, 15) is 0 Å². The Hall–Kier alpha value is 0.270. The summed E-state index contributed by atoms with van der Waals surface area (Å²) in [6, 6.07) is 0.747. The van der Waals surface area contributed by atoms with Gasteiger partial charge in [0.15, 0.2) is 0 Å². The van der Waals surface area contributed by atoms with Gasteiger partial charge in [-0.25, -0.2) is 0 Å². The molecule has 2 nitrogen and oxygen atoms in total. The van der Waals surface area contributed by atoms with Crippen molar-refractivity contribution >= 4 is 11.8 Å². The highest BCUT2D eigenvalue weighted by atomic mass is 32.2. The lowest BCUT2D eigenvalue weighted by molar-refractivity contribution is 0.136. The van der Waals surface area contributed by atoms with E-state index in [-0.39, 0.29) is 0 Å². The summed E-state index contributed by atoms with van der Waals surface area (Å²) < 4.78 is 0. The minimum Gasteiger partial charge on any atom is -0.314 e. The van der Waals surface area contributed by atoms with Crippen LogP contribution in [-0.2, 0) is 0 Å². The molecule has 3 unspecified atom stereocenters. The molecule has 0 aromatic heterocycles. The predicted octanol–water partition coefficient (Wildman–Crippen LogP) is 3.33. The quantitative estimate of drug-likeness (QED) is 0.737. The van der Waals surface area contributed by atoms with Crippen molar-refractivity contribution in [3.63, 3.8) is 0 Å². The van der Waals surface area contributed by atoms with Crippen LogP contribution < -0.4 is 5.32 Å². The zero-order chi connectivity index (χ0) is 14.3. The fraction of sp³-hybridized carbons (Fsp3) is 1.00. The highest BCUT2D eigenvalue weighted by Gasteiger charge is 2.31. The Bertz CT molecular complexity index is 233. The molecule has 0 radical (unpaired) electrons. The Labute approximate surface area is 125 Å². The fourth-order valence-corrected chi connectivity index (χ4v) is 3.87. The van der Waals surface area contributed by atoms with Crippen molar-refractivity contribution in [3.8, 4) is 0 Å². The molecule has 0 heterocycles. The van der Waals surface area contributed by atoms with Crippen molar-refractivity contribution in [2.45, 2.75) is 46.1 Å². The number of nitrogens with one attached hydrogen (secondary N) is 1. The van der Waals surface area contributed by atoms with Crippen LogP contribution in [0.3, 0.4) is 0 Å². The van der Waals surface area contributed by atoms with Gasteiger partial charge in [-0.15, -0.1) is 0 Å². The lowest BCUT2D eigenvalue weighted by atomic mass is 9.73. The first kappa shape index (κ1) is 17.3. The van der Waals surface area contributed by atoms with E-state index in [1.807, 2.05) is 11.8 Å². The Morgan fingerprint density at radius 2 is 2.05 bits per heavy atom. The highest BCUT2D eigenvalue weighted by Crippen LogP contribution is 2.34. The van der Waals surface area contributed by atoms with Crippen LogP contribution in [0.15, 0.2) is 0 Å². The molecule has 1 aliphatic rings. The van der Waals surface area contributed by atoms with E-state index in [4.69, 9.17) is 0 Å². The smallest absolute Gasteiger partial charge is 0.0108 e. The van der Waals surface area contributed by atoms with E-state index in [0.29, 0.717) is 0 Å². The minimum atomic E-state index is 0.747. The summed E-state index contributed by atoms with van der Waals surface area (Å²) in [5, 5.41) is 3.72. The third-order valence-corrected chi connectivity index (χ3v) is 5.25. The molecule has 3 atom stereocenters. The number of rotatable bonds is 8. The van der Waals surface area contributed by atoms with Gasteiger partial charge >= 0.3 is 0 Å². The van der Waals surface area contributed by atoms with Gasteiger partial charge in [0.2, 0.25) is 0 Å². The molecule has 0 bridgehead atoms. The zero-order valence-corrected chi connectivity index (χ0v) is 14.4. The summed E-state index contributed by atoms with van der Waals surface area (Å²) in [5.74, 6) is 3.88. The topological polar surface area (TPSA) is 15.3 Å². The van der Waals surface area contributed by atoms with Gasteiger partial charge < -0.3 is 10.2 Å². The standard InChI is InChI=1S/C16H34N2S/c1-6-17-16-8-7-14(13(2)3)11-15(16)12-18(4)9-10-19-5/h13-17H,6-12H2,1-5H3. The van der Waals surface area contributed by atoms with E-state index in [2.05, 4.69) is 44.3 Å². The van der Waals surface area contributed by atoms with Crippen LogP contribution >= 0.6 is 11.8 Å². The number of hydrogen-bond donors (Lipinski definition) is 1. The lowest BCUT2D eigenvalue weighted by Gasteiger charge is -2.40. The molecular weight excluding hydrogens is 252 g/mol. The van der Waals surface area contributed by atoms with Crippen LogP contribution in [0.4, 0.5) is 0 Å². The van der Waals surface area contributed by atoms with Gasteiger partial charge in [0.25, 0.3) is 0 Å². The first-order valence-corrected chi connectivity index (χ1v) is 9.38. The first-order chi connectivity index (χ1) is 9.08. The molecule has 0 aromatic carbocycles. The molecule has 1 aliphatic carbocycles. The van der Waals surface area contributed by atoms with Gasteiger partial charge in [-0.1, -0.05) is 20.8 Å². The van der Waals surface area contributed by atoms with Crippen molar-refractivity contribution in [1.29, 1.82) is 0 Å². The summed E-state index contributed by atoms with van der Waals surface area (Å²) in [6.07, 6.45) is 6.40. The van der Waals surface area contributed by atoms with Crippen LogP contribution in [0, 0.1) is 17.8 Å². The summed E-state index contributed by atoms with van der Waals surface area (Å²) >= 11 is 1.95. The summed E-state index contributed by atoms with van der Waals surface area (Å²) in [6.45, 7) is 10.6. The maximum atomic E-state index is 3.72. The average Bonchev–Trinajstić information content (AvgIpc) is 2.38. The summed E-state index contributed by atoms with van der Waals surface area (Å²) in [7, 11) is 2.29. The lowest BCUT2D eigenvalue weighted by Crippen LogP contribution is -2.46. The number of nitrogens with zero attached hydrogens (tertiary/aromatic N) is 1. The molecule has 1 saturated carbocycles. The average molecular weight is 287 g/mol. The molecule has 1 rings (SSSR count). The minimum absolute atomic E-state index is 0.747. The van der Waals surface area contributed by atoms with Crippen LogP contribution in [-0.4, -0.2) is 49.6 Å². The number of thioether (sulfide) groups is 1. The summed E-state index contributed by atoms with van der Waals surface area (Å²) in [4.78, 5) is 2.54. The molecule has 0 aromatic rings. The van der Waals surface area contributed by atoms with Gasteiger partial charge in [-0.2, -0.15) is 11.8 Å². The predicted molar refractivity (Wildman–Crippen MR) is 89.0 cm³/mol. The molecule has 0 aliphatic heterocycles. The molecule has 114 valence electrons. The maximum Gasteiger partial charge on any atom is 0.0108 e. The highest BCUT2D eigenvalue weighted by molar-refractivity contribution is 7.98. The molecular formula is C16H34N2S. The van der Waals surface area contributed by atoms with Gasteiger partial charge in [0, 0.05) is 24.9 Å². The first-order valence-electron chi connectivity index (χ1n) is 7.99. The second-order valence-electron chi connectivity index (χ2n) is 6.50. The molecule has 0 saturated heterocycles. The van der Waals surface area contributed by atoms with E-state index in [1.54, 1.807) is 0 Å². The second-order valence-corrected chi connectivity index (χ2v) is 7.48. The van der Waals surface area contributed by atoms with Gasteiger partial charge in [-0.05, 0) is 56.9 Å². The molecule has 19 heavy (non-hydrogen) atoms. The van der Waals surface area contributed by atoms with Crippen LogP contribution in [0.1, 0.15) is 40.0 Å². The van der Waals surface area contributed by atoms with Crippen molar-refractivity contribution in [2.24, 2.45) is 17.8 Å². The Morgan fingerprint density at radius 1 is 1.32 bits per heavy atom. The molecule has 0 amide bonds. The summed E-state index contributed by atoms with van der Waals surface area (Å²) in [5.41, 5.74) is 0. The van der Waals surface area contributed by atoms with Gasteiger partial charge in [-0.3, -0.25) is 0 Å². The monoisotopic (exact) mass is 286 g/mol. The third kappa shape index (κ3) is 6.05. The normalized spacial score (nSPS) is 28.3. The van der Waals surface area contributed by atoms with Crippen LogP contribution in [0.25, 0.3) is 0 Å². The molecule has 3 heteroatoms. The maximum absolute atomic E-state index is 3.72. The SMILES string of the molecule is CCNC1CCC(C(C)C)CC1CN(C)CCSC. The van der Waals surface area contributed by atoms with Crippen LogP contribution in [0.5, 0.6) is 0 Å². The van der Waals surface area contributed by atoms with E-state index in [0.717, 1.165) is 30.3 Å². The van der Waals surface area contributed by atoms with E-state index >= 15 is 0 Å². The molecule has 1 fully saturated rings. The zero-order valence-electron chi connectivity index (χ0n) is 13.6. The second kappa shape index (κ2) is 9.25. The molecule has 0 spiro atoms. The van der Waals surface area contributed by atoms with E-state index < -0.39 is 0 Å². The Balaban J connectivity index is 2.50. The Kier molecular flexibility index (Phi) is 8.43. The molecule has 1 N–H and O–H groups in total. The van der Waals surface area contributed by atoms with Gasteiger partial charge in [0.05, 0.1) is 0 Å².